The van der Waals surface area contributed by atoms with Crippen molar-refractivity contribution < 1.29 is 32.9 Å². The number of halogens is 3. The first kappa shape index (κ1) is 26.2. The molecule has 0 radical (unpaired) electrons. The van der Waals surface area contributed by atoms with Gasteiger partial charge in [-0.1, -0.05) is 35.3 Å². The highest BCUT2D eigenvalue weighted by molar-refractivity contribution is 8.18. The van der Waals surface area contributed by atoms with E-state index in [1.807, 2.05) is 6.92 Å². The molecule has 2 heterocycles. The summed E-state index contributed by atoms with van der Waals surface area (Å²) in [5, 5.41) is 0.197. The molecule has 2 aliphatic rings. The molecule has 3 aromatic rings. The zero-order valence-electron chi connectivity index (χ0n) is 20.0. The second-order valence-corrected chi connectivity index (χ2v) is 10.1. The Bertz CT molecular complexity index is 1450. The maximum absolute atomic E-state index is 13.2. The van der Waals surface area contributed by atoms with Crippen LogP contribution in [-0.2, 0) is 17.9 Å². The molecule has 0 aliphatic carbocycles. The van der Waals surface area contributed by atoms with Crippen LogP contribution in [-0.4, -0.2) is 29.4 Å². The number of benzene rings is 3. The Kier molecular flexibility index (Phi) is 7.69. The molecule has 7 nitrogen and oxygen atoms in total. The van der Waals surface area contributed by atoms with E-state index in [1.54, 1.807) is 42.5 Å². The lowest BCUT2D eigenvalue weighted by molar-refractivity contribution is -0.123. The Labute approximate surface area is 232 Å². The molecule has 0 aromatic heterocycles. The first-order valence-electron chi connectivity index (χ1n) is 11.5. The Morgan fingerprint density at radius 1 is 1.03 bits per heavy atom. The van der Waals surface area contributed by atoms with Gasteiger partial charge in [0.05, 0.1) is 23.1 Å². The van der Waals surface area contributed by atoms with Gasteiger partial charge >= 0.3 is 0 Å². The van der Waals surface area contributed by atoms with Crippen molar-refractivity contribution in [1.82, 2.24) is 4.90 Å². The van der Waals surface area contributed by atoms with Crippen LogP contribution in [0.1, 0.15) is 23.6 Å². The number of hydrogen-bond acceptors (Lipinski definition) is 7. The zero-order valence-corrected chi connectivity index (χ0v) is 22.3. The number of carbonyl (C=O) groups excluding carboxylic acids is 2. The molecule has 2 amide bonds. The molecule has 38 heavy (non-hydrogen) atoms. The predicted octanol–water partition coefficient (Wildman–Crippen LogP) is 7.08. The van der Waals surface area contributed by atoms with Gasteiger partial charge in [-0.05, 0) is 71.8 Å². The molecule has 3 aromatic carbocycles. The average molecular weight is 576 g/mol. The molecule has 0 spiro atoms. The van der Waals surface area contributed by atoms with Gasteiger partial charge in [-0.3, -0.25) is 14.5 Å². The van der Waals surface area contributed by atoms with E-state index >= 15 is 0 Å². The van der Waals surface area contributed by atoms with Crippen LogP contribution in [0.2, 0.25) is 10.0 Å². The third-order valence-corrected chi connectivity index (χ3v) is 7.21. The van der Waals surface area contributed by atoms with E-state index in [4.69, 9.17) is 42.1 Å². The van der Waals surface area contributed by atoms with Gasteiger partial charge in [-0.15, -0.1) is 0 Å². The van der Waals surface area contributed by atoms with Gasteiger partial charge in [0.25, 0.3) is 11.1 Å². The quantitative estimate of drug-likeness (QED) is 0.266. The minimum absolute atomic E-state index is 0.0153. The van der Waals surface area contributed by atoms with E-state index in [2.05, 4.69) is 0 Å². The smallest absolute Gasteiger partial charge is 0.293 e. The van der Waals surface area contributed by atoms with E-state index in [9.17, 15) is 14.0 Å². The summed E-state index contributed by atoms with van der Waals surface area (Å²) in [6.45, 7) is 2.39. The van der Waals surface area contributed by atoms with Crippen LogP contribution < -0.4 is 18.9 Å². The van der Waals surface area contributed by atoms with E-state index in [-0.39, 0.29) is 35.7 Å². The van der Waals surface area contributed by atoms with Gasteiger partial charge in [-0.25, -0.2) is 4.39 Å². The number of imide groups is 1. The summed E-state index contributed by atoms with van der Waals surface area (Å²) in [7, 11) is 0. The van der Waals surface area contributed by atoms with Crippen LogP contribution in [0.5, 0.6) is 23.0 Å². The Morgan fingerprint density at radius 3 is 2.50 bits per heavy atom. The number of amides is 2. The van der Waals surface area contributed by atoms with Crippen LogP contribution in [0.3, 0.4) is 0 Å². The molecule has 2 aliphatic heterocycles. The Morgan fingerprint density at radius 2 is 1.76 bits per heavy atom. The first-order valence-corrected chi connectivity index (χ1v) is 13.1. The second kappa shape index (κ2) is 11.1. The molecule has 11 heteroatoms. The maximum atomic E-state index is 13.2. The van der Waals surface area contributed by atoms with Gasteiger partial charge in [0.15, 0.2) is 23.0 Å². The van der Waals surface area contributed by atoms with Crippen molar-refractivity contribution in [3.05, 3.63) is 86.0 Å². The maximum Gasteiger partial charge on any atom is 0.293 e. The first-order chi connectivity index (χ1) is 18.3. The largest absolute Gasteiger partial charge is 0.490 e. The molecule has 196 valence electrons. The number of fused-ring (bicyclic) bond motifs is 1. The molecular formula is C27H20Cl2FNO6S. The van der Waals surface area contributed by atoms with Gasteiger partial charge in [0.2, 0.25) is 6.79 Å². The SMILES string of the molecule is CCOc1cc(/C=C2\SC(=O)N(Cc3cc4c(cc3Cl)OCO4)C2=O)cc(Cl)c1OCc1ccc(F)cc1. The molecule has 5 rings (SSSR count). The van der Waals surface area contributed by atoms with Crippen LogP contribution in [0.15, 0.2) is 53.4 Å². The van der Waals surface area contributed by atoms with Crippen LogP contribution in [0.4, 0.5) is 9.18 Å². The highest BCUT2D eigenvalue weighted by atomic mass is 35.5. The fourth-order valence-corrected chi connectivity index (χ4v) is 5.17. The van der Waals surface area contributed by atoms with Crippen molar-refractivity contribution in [3.8, 4) is 23.0 Å². The zero-order chi connectivity index (χ0) is 26.8. The molecular weight excluding hydrogens is 556 g/mol. The summed E-state index contributed by atoms with van der Waals surface area (Å²) in [5.74, 6) is 0.917. The van der Waals surface area contributed by atoms with Gasteiger partial charge in [0.1, 0.15) is 12.4 Å². The predicted molar refractivity (Wildman–Crippen MR) is 142 cm³/mol. The summed E-state index contributed by atoms with van der Waals surface area (Å²) in [6.07, 6.45) is 1.57. The third kappa shape index (κ3) is 5.55. The standard InChI is InChI=1S/C27H20Cl2FNO6S/c1-2-34-23-8-16(7-20(29)25(23)35-13-15-3-5-18(30)6-4-15)9-24-26(32)31(27(33)38-24)12-17-10-21-22(11-19(17)28)37-14-36-21/h3-11H,2,12-14H2,1H3/b24-9-. The molecule has 0 atom stereocenters. The number of hydrogen-bond donors (Lipinski definition) is 0. The highest BCUT2D eigenvalue weighted by Gasteiger charge is 2.36. The van der Waals surface area contributed by atoms with Crippen molar-refractivity contribution in [1.29, 1.82) is 0 Å². The van der Waals surface area contributed by atoms with Crippen molar-refractivity contribution >= 4 is 52.2 Å². The molecule has 0 unspecified atom stereocenters. The van der Waals surface area contributed by atoms with Crippen LogP contribution >= 0.6 is 35.0 Å². The molecule has 1 saturated heterocycles. The van der Waals surface area contributed by atoms with Crippen molar-refractivity contribution in [2.45, 2.75) is 20.1 Å². The molecule has 0 bridgehead atoms. The number of thioether (sulfide) groups is 1. The van der Waals surface area contributed by atoms with Crippen LogP contribution in [0, 0.1) is 5.82 Å². The van der Waals surface area contributed by atoms with E-state index < -0.39 is 11.1 Å². The monoisotopic (exact) mass is 575 g/mol. The van der Waals surface area contributed by atoms with E-state index in [1.165, 1.54) is 12.1 Å². The van der Waals surface area contributed by atoms with E-state index in [0.29, 0.717) is 45.8 Å². The lowest BCUT2D eigenvalue weighted by Crippen LogP contribution is -2.27. The lowest BCUT2D eigenvalue weighted by atomic mass is 10.1. The summed E-state index contributed by atoms with van der Waals surface area (Å²) in [4.78, 5) is 27.2. The number of carbonyl (C=O) groups is 2. The number of ether oxygens (including phenoxy) is 4. The summed E-state index contributed by atoms with van der Waals surface area (Å²) >= 11 is 13.7. The number of nitrogens with zero attached hydrogens (tertiary/aromatic N) is 1. The topological polar surface area (TPSA) is 74.3 Å². The second-order valence-electron chi connectivity index (χ2n) is 8.24. The highest BCUT2D eigenvalue weighted by Crippen LogP contribution is 2.41. The summed E-state index contributed by atoms with van der Waals surface area (Å²) < 4.78 is 35.5. The average Bonchev–Trinajstić information content (AvgIpc) is 3.44. The van der Waals surface area contributed by atoms with Crippen molar-refractivity contribution in [3.63, 3.8) is 0 Å². The third-order valence-electron chi connectivity index (χ3n) is 5.67. The van der Waals surface area contributed by atoms with E-state index in [0.717, 1.165) is 22.2 Å². The van der Waals surface area contributed by atoms with Crippen molar-refractivity contribution in [2.24, 2.45) is 0 Å². The lowest BCUT2D eigenvalue weighted by Gasteiger charge is -2.15. The normalized spacial score (nSPS) is 15.5. The van der Waals surface area contributed by atoms with Gasteiger partial charge in [-0.2, -0.15) is 0 Å². The minimum atomic E-state index is -0.459. The summed E-state index contributed by atoms with van der Waals surface area (Å²) in [5.41, 5.74) is 1.87. The molecule has 1 fully saturated rings. The number of rotatable bonds is 8. The van der Waals surface area contributed by atoms with Gasteiger partial charge < -0.3 is 18.9 Å². The molecule has 0 saturated carbocycles. The minimum Gasteiger partial charge on any atom is -0.490 e. The van der Waals surface area contributed by atoms with Crippen molar-refractivity contribution in [2.75, 3.05) is 13.4 Å². The fraction of sp³-hybridized carbons (Fsp3) is 0.185. The Balaban J connectivity index is 1.35. The Hall–Kier alpha value is -3.40. The van der Waals surface area contributed by atoms with Gasteiger partial charge in [0, 0.05) is 11.1 Å². The summed E-state index contributed by atoms with van der Waals surface area (Å²) in [6, 6.07) is 12.5. The molecule has 0 N–H and O–H groups in total. The van der Waals surface area contributed by atoms with Crippen LogP contribution in [0.25, 0.3) is 6.08 Å². The fourth-order valence-electron chi connectivity index (χ4n) is 3.85.